The quantitative estimate of drug-likeness (QED) is 0.602. The van der Waals surface area contributed by atoms with Crippen molar-refractivity contribution < 1.29 is 30.0 Å². The molecule has 4 N–H and O–H groups in total. The summed E-state index contributed by atoms with van der Waals surface area (Å²) in [5.41, 5.74) is -0.957. The Bertz CT molecular complexity index is 439. The smallest absolute Gasteiger partial charge is 0.335 e. The van der Waals surface area contributed by atoms with Crippen LogP contribution in [0, 0.1) is 0 Å². The van der Waals surface area contributed by atoms with Gasteiger partial charge < -0.3 is 25.2 Å². The summed E-state index contributed by atoms with van der Waals surface area (Å²) in [6, 6.07) is 8.94. The minimum atomic E-state index is -1.65. The predicted molar refractivity (Wildman–Crippen MR) is 66.6 cm³/mol. The highest BCUT2D eigenvalue weighted by Crippen LogP contribution is 2.33. The van der Waals surface area contributed by atoms with E-state index in [9.17, 15) is 20.1 Å². The first-order valence-electron chi connectivity index (χ1n) is 5.65. The largest absolute Gasteiger partial charge is 0.479 e. The van der Waals surface area contributed by atoms with E-state index >= 15 is 0 Å². The average Bonchev–Trinajstić information content (AvgIpc) is 2.40. The van der Waals surface area contributed by atoms with Crippen LogP contribution in [0.1, 0.15) is 0 Å². The van der Waals surface area contributed by atoms with Gasteiger partial charge in [-0.25, -0.2) is 4.79 Å². The third-order valence-corrected chi connectivity index (χ3v) is 3.98. The number of rotatable bonds is 3. The Kier molecular flexibility index (Phi) is 4.43. The van der Waals surface area contributed by atoms with E-state index in [-0.39, 0.29) is 0 Å². The van der Waals surface area contributed by atoms with E-state index in [0.29, 0.717) is 0 Å². The zero-order valence-electron chi connectivity index (χ0n) is 9.79. The summed E-state index contributed by atoms with van der Waals surface area (Å²) < 4.78 is 5.15. The molecule has 0 aromatic heterocycles. The molecule has 0 bridgehead atoms. The molecule has 0 unspecified atom stereocenters. The van der Waals surface area contributed by atoms with Gasteiger partial charge in [0, 0.05) is 4.90 Å². The van der Waals surface area contributed by atoms with Crippen molar-refractivity contribution in [1.29, 1.82) is 0 Å². The lowest BCUT2D eigenvalue weighted by molar-refractivity contribution is -0.209. The molecular formula is C12H14O6S. The molecule has 0 saturated carbocycles. The molecule has 7 heteroatoms. The summed E-state index contributed by atoms with van der Waals surface area (Å²) in [5.74, 6) is -1.38. The number of carboxylic acid groups (broad SMARTS) is 1. The zero-order valence-corrected chi connectivity index (χ0v) is 10.6. The summed E-state index contributed by atoms with van der Waals surface area (Å²) in [6.45, 7) is 0. The fourth-order valence-electron chi connectivity index (χ4n) is 1.78. The fraction of sp³-hybridized carbons (Fsp3) is 0.417. The summed E-state index contributed by atoms with van der Waals surface area (Å²) in [6.07, 6.45) is -6.13. The van der Waals surface area contributed by atoms with Gasteiger partial charge in [0.05, 0.1) is 0 Å². The van der Waals surface area contributed by atoms with Crippen LogP contribution < -0.4 is 0 Å². The molecule has 6 nitrogen and oxygen atoms in total. The van der Waals surface area contributed by atoms with Gasteiger partial charge in [-0.3, -0.25) is 0 Å². The number of thioether (sulfide) groups is 1. The molecule has 1 aromatic rings. The first kappa shape index (κ1) is 14.3. The topological polar surface area (TPSA) is 107 Å². The lowest BCUT2D eigenvalue weighted by Crippen LogP contribution is -2.58. The predicted octanol–water partition coefficient (Wildman–Crippen LogP) is -0.329. The Morgan fingerprint density at radius 1 is 1.05 bits per heavy atom. The monoisotopic (exact) mass is 286 g/mol. The second kappa shape index (κ2) is 5.89. The number of ether oxygens (including phenoxy) is 1. The van der Waals surface area contributed by atoms with Crippen LogP contribution in [-0.4, -0.2) is 56.2 Å². The lowest BCUT2D eigenvalue weighted by atomic mass is 10.0. The maximum atomic E-state index is 10.9. The molecule has 104 valence electrons. The van der Waals surface area contributed by atoms with Gasteiger partial charge in [-0.05, 0) is 12.1 Å². The molecule has 1 aliphatic rings. The van der Waals surface area contributed by atoms with Crippen LogP contribution >= 0.6 is 11.8 Å². The Labute approximate surface area is 113 Å². The summed E-state index contributed by atoms with van der Waals surface area (Å²) >= 11 is 1.09. The first-order valence-corrected chi connectivity index (χ1v) is 6.53. The molecule has 1 saturated heterocycles. The molecule has 0 aliphatic carbocycles. The Morgan fingerprint density at radius 3 is 2.26 bits per heavy atom. The number of carbonyl (C=O) groups is 1. The van der Waals surface area contributed by atoms with E-state index in [1.165, 1.54) is 0 Å². The highest BCUT2D eigenvalue weighted by molar-refractivity contribution is 7.99. The second-order valence-corrected chi connectivity index (χ2v) is 5.34. The molecule has 0 radical (unpaired) electrons. The van der Waals surface area contributed by atoms with Crippen molar-refractivity contribution in [1.82, 2.24) is 0 Å². The Balaban J connectivity index is 2.13. The maximum absolute atomic E-state index is 10.9. The molecule has 1 aliphatic heterocycles. The van der Waals surface area contributed by atoms with Gasteiger partial charge >= 0.3 is 5.97 Å². The minimum Gasteiger partial charge on any atom is -0.479 e. The molecule has 19 heavy (non-hydrogen) atoms. The lowest BCUT2D eigenvalue weighted by Gasteiger charge is -2.38. The normalized spacial score (nSPS) is 35.0. The number of benzene rings is 1. The van der Waals surface area contributed by atoms with E-state index in [1.54, 1.807) is 24.3 Å². The van der Waals surface area contributed by atoms with Gasteiger partial charge in [0.25, 0.3) is 0 Å². The van der Waals surface area contributed by atoms with Crippen molar-refractivity contribution >= 4 is 17.7 Å². The van der Waals surface area contributed by atoms with Crippen molar-refractivity contribution in [3.8, 4) is 0 Å². The number of aliphatic carboxylic acids is 1. The van der Waals surface area contributed by atoms with Crippen LogP contribution in [0.4, 0.5) is 0 Å². The van der Waals surface area contributed by atoms with E-state index in [4.69, 9.17) is 9.84 Å². The second-order valence-electron chi connectivity index (χ2n) is 4.17. The molecule has 1 heterocycles. The Morgan fingerprint density at radius 2 is 1.68 bits per heavy atom. The molecule has 2 rings (SSSR count). The van der Waals surface area contributed by atoms with E-state index < -0.39 is 35.8 Å². The summed E-state index contributed by atoms with van der Waals surface area (Å²) in [5, 5.41) is 37.9. The number of carboxylic acids is 1. The van der Waals surface area contributed by atoms with Crippen LogP contribution in [0.25, 0.3) is 0 Å². The number of aliphatic hydroxyl groups is 3. The van der Waals surface area contributed by atoms with Crippen LogP contribution in [0.5, 0.6) is 0 Å². The van der Waals surface area contributed by atoms with Gasteiger partial charge in [-0.15, -0.1) is 0 Å². The zero-order chi connectivity index (χ0) is 14.0. The number of aliphatic hydroxyl groups excluding tert-OH is 3. The first-order chi connectivity index (χ1) is 9.00. The maximum Gasteiger partial charge on any atom is 0.335 e. The number of hydrogen-bond donors (Lipinski definition) is 4. The van der Waals surface area contributed by atoms with Crippen molar-refractivity contribution in [3.05, 3.63) is 30.3 Å². The molecule has 1 fully saturated rings. The molecule has 0 amide bonds. The third-order valence-electron chi connectivity index (χ3n) is 2.81. The molecular weight excluding hydrogens is 272 g/mol. The van der Waals surface area contributed by atoms with Crippen LogP contribution in [0.3, 0.4) is 0 Å². The van der Waals surface area contributed by atoms with Crippen LogP contribution in [0.15, 0.2) is 35.2 Å². The molecule has 5 atom stereocenters. The van der Waals surface area contributed by atoms with Crippen LogP contribution in [0.2, 0.25) is 0 Å². The van der Waals surface area contributed by atoms with Crippen molar-refractivity contribution in [2.24, 2.45) is 0 Å². The highest BCUT2D eigenvalue weighted by atomic mass is 32.2. The minimum absolute atomic E-state index is 0.763. The summed E-state index contributed by atoms with van der Waals surface area (Å²) in [7, 11) is 0. The van der Waals surface area contributed by atoms with Gasteiger partial charge in [-0.1, -0.05) is 30.0 Å². The fourth-order valence-corrected chi connectivity index (χ4v) is 2.84. The SMILES string of the molecule is O=C(O)[C@@H]1O[C@@H](Sc2ccccc2)[C@H](O)[C@H](O)[C@@H]1O. The van der Waals surface area contributed by atoms with E-state index in [1.807, 2.05) is 6.07 Å². The van der Waals surface area contributed by atoms with Gasteiger partial charge in [0.15, 0.2) is 6.10 Å². The van der Waals surface area contributed by atoms with E-state index in [0.717, 1.165) is 16.7 Å². The van der Waals surface area contributed by atoms with Gasteiger partial charge in [0.1, 0.15) is 23.7 Å². The van der Waals surface area contributed by atoms with Crippen LogP contribution in [-0.2, 0) is 9.53 Å². The van der Waals surface area contributed by atoms with E-state index in [2.05, 4.69) is 0 Å². The molecule has 0 spiro atoms. The van der Waals surface area contributed by atoms with Crippen molar-refractivity contribution in [2.75, 3.05) is 0 Å². The van der Waals surface area contributed by atoms with Gasteiger partial charge in [0.2, 0.25) is 0 Å². The van der Waals surface area contributed by atoms with Crippen molar-refractivity contribution in [3.63, 3.8) is 0 Å². The summed E-state index contributed by atoms with van der Waals surface area (Å²) in [4.78, 5) is 11.7. The standard InChI is InChI=1S/C12H14O6S/c13-7-8(14)10(11(16)17)18-12(9(7)15)19-6-4-2-1-3-5-6/h1-5,7-10,12-15H,(H,16,17)/t7-,8+,9-,10-,12+/m1/s1. The van der Waals surface area contributed by atoms with Gasteiger partial charge in [-0.2, -0.15) is 0 Å². The number of hydrogen-bond acceptors (Lipinski definition) is 6. The average molecular weight is 286 g/mol. The van der Waals surface area contributed by atoms with Crippen molar-refractivity contribution in [2.45, 2.75) is 34.7 Å². The molecule has 1 aromatic carbocycles. The highest BCUT2D eigenvalue weighted by Gasteiger charge is 2.47. The Hall–Kier alpha value is -1.12. The third kappa shape index (κ3) is 3.07.